The first kappa shape index (κ1) is 22.1. The molecule has 2 heterocycles. The van der Waals surface area contributed by atoms with Gasteiger partial charge in [0.1, 0.15) is 17.5 Å². The molecule has 7 heteroatoms. The zero-order valence-electron chi connectivity index (χ0n) is 17.8. The largest absolute Gasteiger partial charge is 0.369 e. The SMILES string of the molecule is O=C(NCc1cccnc1)c1ccc(-c2ccccc2F)nc1NCCc1cccc(F)c1. The Kier molecular flexibility index (Phi) is 6.99. The molecule has 166 valence electrons. The van der Waals surface area contributed by atoms with E-state index in [2.05, 4.69) is 20.6 Å². The molecular weight excluding hydrogens is 422 g/mol. The van der Waals surface area contributed by atoms with Crippen molar-refractivity contribution in [2.75, 3.05) is 11.9 Å². The standard InChI is InChI=1S/C26H22F2N4O/c27-20-7-3-5-18(15-20)12-14-30-25-22(26(33)31-17-19-6-4-13-29-16-19)10-11-24(32-25)21-8-1-2-9-23(21)28/h1-11,13,15-16H,12,14,17H2,(H,30,32)(H,31,33). The van der Waals surface area contributed by atoms with Crippen LogP contribution in [0.1, 0.15) is 21.5 Å². The normalized spacial score (nSPS) is 10.6. The molecule has 33 heavy (non-hydrogen) atoms. The summed E-state index contributed by atoms with van der Waals surface area (Å²) in [6, 6.07) is 19.6. The Morgan fingerprint density at radius 1 is 0.909 bits per heavy atom. The molecule has 0 atom stereocenters. The Labute approximate surface area is 190 Å². The van der Waals surface area contributed by atoms with Crippen LogP contribution in [0, 0.1) is 11.6 Å². The summed E-state index contributed by atoms with van der Waals surface area (Å²) in [4.78, 5) is 21.5. The number of pyridine rings is 2. The number of hydrogen-bond donors (Lipinski definition) is 2. The van der Waals surface area contributed by atoms with Crippen molar-refractivity contribution < 1.29 is 13.6 Å². The van der Waals surface area contributed by atoms with Crippen molar-refractivity contribution in [3.05, 3.63) is 114 Å². The molecule has 0 bridgehead atoms. The van der Waals surface area contributed by atoms with Gasteiger partial charge in [-0.15, -0.1) is 0 Å². The number of amides is 1. The molecular formula is C26H22F2N4O. The average Bonchev–Trinajstić information content (AvgIpc) is 2.83. The van der Waals surface area contributed by atoms with Gasteiger partial charge in [-0.3, -0.25) is 9.78 Å². The second-order valence-corrected chi connectivity index (χ2v) is 7.42. The predicted octanol–water partition coefficient (Wildman–Crippen LogP) is 5.01. The number of nitrogens with one attached hydrogen (secondary N) is 2. The summed E-state index contributed by atoms with van der Waals surface area (Å²) < 4.78 is 27.8. The van der Waals surface area contributed by atoms with E-state index in [1.54, 1.807) is 54.9 Å². The Bertz CT molecular complexity index is 1250. The maximum atomic E-state index is 14.3. The molecule has 5 nitrogen and oxygen atoms in total. The highest BCUT2D eigenvalue weighted by Crippen LogP contribution is 2.24. The van der Waals surface area contributed by atoms with E-state index >= 15 is 0 Å². The monoisotopic (exact) mass is 444 g/mol. The Hall–Kier alpha value is -4.13. The zero-order valence-corrected chi connectivity index (χ0v) is 17.8. The number of aromatic nitrogens is 2. The van der Waals surface area contributed by atoms with Gasteiger partial charge in [0, 0.05) is 31.0 Å². The Morgan fingerprint density at radius 3 is 2.55 bits per heavy atom. The molecule has 0 aliphatic heterocycles. The predicted molar refractivity (Wildman–Crippen MR) is 124 cm³/mol. The number of halogens is 2. The van der Waals surface area contributed by atoms with E-state index in [1.165, 1.54) is 18.2 Å². The van der Waals surface area contributed by atoms with Crippen LogP contribution >= 0.6 is 0 Å². The molecule has 0 fully saturated rings. The summed E-state index contributed by atoms with van der Waals surface area (Å²) in [6.07, 6.45) is 3.87. The van der Waals surface area contributed by atoms with Crippen molar-refractivity contribution in [1.82, 2.24) is 15.3 Å². The van der Waals surface area contributed by atoms with Crippen LogP contribution in [-0.4, -0.2) is 22.4 Å². The van der Waals surface area contributed by atoms with Gasteiger partial charge in [-0.25, -0.2) is 13.8 Å². The van der Waals surface area contributed by atoms with Gasteiger partial charge in [0.15, 0.2) is 0 Å². The lowest BCUT2D eigenvalue weighted by Crippen LogP contribution is -2.25. The van der Waals surface area contributed by atoms with E-state index in [1.807, 2.05) is 12.1 Å². The third-order valence-electron chi connectivity index (χ3n) is 5.06. The fourth-order valence-electron chi connectivity index (χ4n) is 3.39. The molecule has 0 radical (unpaired) electrons. The molecule has 0 aliphatic rings. The van der Waals surface area contributed by atoms with Gasteiger partial charge in [-0.2, -0.15) is 0 Å². The number of rotatable bonds is 8. The van der Waals surface area contributed by atoms with Crippen LogP contribution in [0.2, 0.25) is 0 Å². The number of anilines is 1. The van der Waals surface area contributed by atoms with Crippen LogP contribution < -0.4 is 10.6 Å². The van der Waals surface area contributed by atoms with Crippen LogP contribution in [0.5, 0.6) is 0 Å². The first-order valence-electron chi connectivity index (χ1n) is 10.5. The van der Waals surface area contributed by atoms with E-state index in [9.17, 15) is 13.6 Å². The second kappa shape index (κ2) is 10.5. The molecule has 0 spiro atoms. The highest BCUT2D eigenvalue weighted by Gasteiger charge is 2.16. The van der Waals surface area contributed by atoms with Gasteiger partial charge in [0.05, 0.1) is 11.3 Å². The highest BCUT2D eigenvalue weighted by molar-refractivity contribution is 5.99. The molecule has 0 saturated heterocycles. The number of nitrogens with zero attached hydrogens (tertiary/aromatic N) is 2. The number of benzene rings is 2. The van der Waals surface area contributed by atoms with Gasteiger partial charge in [0.2, 0.25) is 0 Å². The fourth-order valence-corrected chi connectivity index (χ4v) is 3.39. The lowest BCUT2D eigenvalue weighted by atomic mass is 10.1. The van der Waals surface area contributed by atoms with Crippen LogP contribution in [0.4, 0.5) is 14.6 Å². The lowest BCUT2D eigenvalue weighted by molar-refractivity contribution is 0.0951. The van der Waals surface area contributed by atoms with Crippen LogP contribution in [0.3, 0.4) is 0 Å². The third kappa shape index (κ3) is 5.77. The van der Waals surface area contributed by atoms with Crippen molar-refractivity contribution in [3.63, 3.8) is 0 Å². The molecule has 0 saturated carbocycles. The summed E-state index contributed by atoms with van der Waals surface area (Å²) in [5, 5.41) is 6.02. The lowest BCUT2D eigenvalue weighted by Gasteiger charge is -2.14. The van der Waals surface area contributed by atoms with E-state index < -0.39 is 5.82 Å². The molecule has 4 aromatic rings. The number of carbonyl (C=O) groups is 1. The second-order valence-electron chi connectivity index (χ2n) is 7.42. The third-order valence-corrected chi connectivity index (χ3v) is 5.06. The van der Waals surface area contributed by atoms with Crippen molar-refractivity contribution in [3.8, 4) is 11.3 Å². The molecule has 2 aromatic carbocycles. The molecule has 0 aliphatic carbocycles. The molecule has 2 N–H and O–H groups in total. The van der Waals surface area contributed by atoms with Gasteiger partial charge in [-0.1, -0.05) is 30.3 Å². The topological polar surface area (TPSA) is 66.9 Å². The minimum absolute atomic E-state index is 0.303. The van der Waals surface area contributed by atoms with Crippen molar-refractivity contribution in [2.45, 2.75) is 13.0 Å². The van der Waals surface area contributed by atoms with Crippen LogP contribution in [0.25, 0.3) is 11.3 Å². The highest BCUT2D eigenvalue weighted by atomic mass is 19.1. The van der Waals surface area contributed by atoms with E-state index in [0.29, 0.717) is 42.1 Å². The number of hydrogen-bond acceptors (Lipinski definition) is 4. The maximum Gasteiger partial charge on any atom is 0.255 e. The van der Waals surface area contributed by atoms with Gasteiger partial charge < -0.3 is 10.6 Å². The minimum atomic E-state index is -0.399. The molecule has 1 amide bonds. The molecule has 0 unspecified atom stereocenters. The molecule has 2 aromatic heterocycles. The Morgan fingerprint density at radius 2 is 1.76 bits per heavy atom. The Balaban J connectivity index is 1.56. The zero-order chi connectivity index (χ0) is 23.0. The van der Waals surface area contributed by atoms with Crippen molar-refractivity contribution in [2.24, 2.45) is 0 Å². The van der Waals surface area contributed by atoms with Crippen LogP contribution in [-0.2, 0) is 13.0 Å². The van der Waals surface area contributed by atoms with Crippen molar-refractivity contribution >= 4 is 11.7 Å². The van der Waals surface area contributed by atoms with Gasteiger partial charge >= 0.3 is 0 Å². The molecule has 4 rings (SSSR count). The summed E-state index contributed by atoms with van der Waals surface area (Å²) in [5.41, 5.74) is 2.76. The smallest absolute Gasteiger partial charge is 0.255 e. The summed E-state index contributed by atoms with van der Waals surface area (Å²) in [7, 11) is 0. The summed E-state index contributed by atoms with van der Waals surface area (Å²) >= 11 is 0. The fraction of sp³-hybridized carbons (Fsp3) is 0.115. The van der Waals surface area contributed by atoms with Gasteiger partial charge in [0.25, 0.3) is 5.91 Å². The first-order valence-corrected chi connectivity index (χ1v) is 10.5. The average molecular weight is 444 g/mol. The van der Waals surface area contributed by atoms with E-state index in [0.717, 1.165) is 11.1 Å². The number of carbonyl (C=O) groups excluding carboxylic acids is 1. The van der Waals surface area contributed by atoms with E-state index in [4.69, 9.17) is 0 Å². The maximum absolute atomic E-state index is 14.3. The van der Waals surface area contributed by atoms with Crippen molar-refractivity contribution in [1.29, 1.82) is 0 Å². The first-order chi connectivity index (χ1) is 16.1. The quantitative estimate of drug-likeness (QED) is 0.401. The van der Waals surface area contributed by atoms with Crippen LogP contribution in [0.15, 0.2) is 85.2 Å². The minimum Gasteiger partial charge on any atom is -0.369 e. The van der Waals surface area contributed by atoms with Gasteiger partial charge in [-0.05, 0) is 60.0 Å². The summed E-state index contributed by atoms with van der Waals surface area (Å²) in [5.74, 6) is -0.692. The van der Waals surface area contributed by atoms with E-state index in [-0.39, 0.29) is 11.7 Å². The summed E-state index contributed by atoms with van der Waals surface area (Å²) in [6.45, 7) is 0.727.